The third-order valence-corrected chi connectivity index (χ3v) is 16.8. The van der Waals surface area contributed by atoms with Crippen LogP contribution in [0.3, 0.4) is 0 Å². The molecule has 0 aromatic carbocycles. The summed E-state index contributed by atoms with van der Waals surface area (Å²) in [5.41, 5.74) is -2.06. The Balaban J connectivity index is 0.00000422. The molecule has 10 aliphatic carbocycles. The summed E-state index contributed by atoms with van der Waals surface area (Å²) in [6.07, 6.45) is 4.63. The molecule has 0 aromatic heterocycles. The van der Waals surface area contributed by atoms with Gasteiger partial charge in [0.05, 0.1) is 28.7 Å². The van der Waals surface area contributed by atoms with Gasteiger partial charge in [-0.1, -0.05) is 6.61 Å². The molecule has 20 heteroatoms. The molecule has 0 aromatic rings. The number of alkyl halides is 6. The molecule has 312 valence electrons. The predicted octanol–water partition coefficient (Wildman–Crippen LogP) is 4.42. The molecule has 12 aliphatic rings. The van der Waals surface area contributed by atoms with Gasteiger partial charge in [0.2, 0.25) is 11.8 Å². The Morgan fingerprint density at radius 1 is 0.789 bits per heavy atom. The minimum Gasteiger partial charge on any atom is -0.746 e. The number of rotatable bonds is 7. The number of hydrogen-bond acceptors (Lipinski definition) is 11. The number of nitrogens with zero attached hydrogens (tertiary/aromatic N) is 1. The van der Waals surface area contributed by atoms with Crippen molar-refractivity contribution in [2.45, 2.75) is 112 Å². The van der Waals surface area contributed by atoms with Crippen molar-refractivity contribution in [1.82, 2.24) is 4.90 Å². The molecule has 12 nitrogen and oxygen atoms in total. The quantitative estimate of drug-likeness (QED) is 0.117. The second kappa shape index (κ2) is 11.8. The third kappa shape index (κ3) is 5.20. The van der Waals surface area contributed by atoms with Crippen LogP contribution in [0.5, 0.6) is 0 Å². The van der Waals surface area contributed by atoms with E-state index in [1.54, 1.807) is 0 Å². The van der Waals surface area contributed by atoms with E-state index in [-0.39, 0.29) is 25.2 Å². The maximum absolute atomic E-state index is 14.8. The molecule has 10 bridgehead atoms. The van der Waals surface area contributed by atoms with Crippen LogP contribution in [0.15, 0.2) is 0 Å². The second-order valence-corrected chi connectivity index (χ2v) is 20.5. The zero-order valence-corrected chi connectivity index (χ0v) is 37.9. The summed E-state index contributed by atoms with van der Waals surface area (Å²) in [6.45, 7) is -3.81. The molecule has 10 saturated carbocycles. The number of fused-ring (bicyclic) bond motifs is 1. The van der Waals surface area contributed by atoms with E-state index in [1.165, 1.54) is 0 Å². The Kier molecular flexibility index (Phi) is 8.09. The molecule has 57 heavy (non-hydrogen) atoms. The molecule has 2 heterocycles. The maximum atomic E-state index is 14.8. The number of halogens is 6. The third-order valence-electron chi connectivity index (χ3n) is 16.0. The van der Waals surface area contributed by atoms with Gasteiger partial charge in [-0.05, 0) is 107 Å². The van der Waals surface area contributed by atoms with Gasteiger partial charge < -0.3 is 23.5 Å². The van der Waals surface area contributed by atoms with Crippen molar-refractivity contribution in [2.24, 2.45) is 70.0 Å². The molecule has 2 aliphatic heterocycles. The van der Waals surface area contributed by atoms with Crippen LogP contribution < -0.4 is 0 Å². The SMILES string of the molecule is O=C(O[CH-]C(F)(F)S(=O)(=O)[O-])C1C2CC3C1C(=O)N(C(=O)C14CC5CC(CC(C5)C1)C4)C3C2OC(=O)C12CC3CC(C1)C1(OCC(F)(F)C(F)(F)CO1)C(C3)C2.[Rf]. The minimum absolute atomic E-state index is 0. The normalized spacial score (nSPS) is 46.2. The van der Waals surface area contributed by atoms with Crippen LogP contribution in [0.1, 0.15) is 77.0 Å². The molecule has 2 saturated heterocycles. The van der Waals surface area contributed by atoms with E-state index in [9.17, 15) is 58.5 Å². The van der Waals surface area contributed by atoms with Crippen LogP contribution in [0.2, 0.25) is 0 Å². The van der Waals surface area contributed by atoms with Crippen molar-refractivity contribution in [2.75, 3.05) is 13.2 Å². The molecule has 8 unspecified atom stereocenters. The average Bonchev–Trinajstić information content (AvgIpc) is 3.69. The Morgan fingerprint density at radius 3 is 1.82 bits per heavy atom. The maximum Gasteiger partial charge on any atom is 0.335 e. The zero-order chi connectivity index (χ0) is 39.7. The average molecular weight is 1090 g/mol. The Labute approximate surface area is 317 Å². The number of ether oxygens (including phenoxy) is 4. The molecular weight excluding hydrogens is 1050 g/mol. The fraction of sp³-hybridized carbons (Fsp3) is 0.865. The Hall–Kier alpha value is -3.51. The van der Waals surface area contributed by atoms with Gasteiger partial charge in [0, 0.05) is 17.8 Å². The standard InChI is InChI=1S/C37H42F6NO11S.Rf/c38-34(39)13-53-37(54-14-35(34,40)41)20-4-19-5-21(37)12-33(10-19,11-20)31(48)55-27-23-6-22-24(25(23)29(46)52-15-36(42,43)56(49,50)51)28(45)44(26(22)27)30(47)32-7-16-1-17(8-32)3-18(2-16)9-32;/h15-27H,1-14H2,(H,49,50,51);/q-1;/p-1. The number of amides is 2. The van der Waals surface area contributed by atoms with E-state index in [0.29, 0.717) is 56.3 Å². The summed E-state index contributed by atoms with van der Waals surface area (Å²) in [5.74, 6) is -19.1. The summed E-state index contributed by atoms with van der Waals surface area (Å²) < 4.78 is 141. The molecule has 0 N–H and O–H groups in total. The molecular formula is C37H41F6NO11RfS-2. The van der Waals surface area contributed by atoms with Crippen molar-refractivity contribution in [1.29, 1.82) is 0 Å². The van der Waals surface area contributed by atoms with Gasteiger partial charge in [0.25, 0.3) is 11.2 Å². The number of imide groups is 1. The molecule has 12 rings (SSSR count). The Bertz CT molecular complexity index is 1830. The Morgan fingerprint density at radius 2 is 1.30 bits per heavy atom. The summed E-state index contributed by atoms with van der Waals surface area (Å²) in [6, 6.07) is -0.975. The van der Waals surface area contributed by atoms with Gasteiger partial charge >= 0.3 is 17.8 Å². The van der Waals surface area contributed by atoms with E-state index in [4.69, 9.17) is 14.2 Å². The summed E-state index contributed by atoms with van der Waals surface area (Å²) >= 11 is 0. The van der Waals surface area contributed by atoms with Crippen LogP contribution in [0.25, 0.3) is 0 Å². The minimum atomic E-state index is -6.27. The van der Waals surface area contributed by atoms with Crippen molar-refractivity contribution in [3.8, 4) is 0 Å². The van der Waals surface area contributed by atoms with Gasteiger partial charge in [-0.3, -0.25) is 24.1 Å². The summed E-state index contributed by atoms with van der Waals surface area (Å²) in [5, 5.41) is -5.08. The van der Waals surface area contributed by atoms with E-state index >= 15 is 0 Å². The molecule has 12 fully saturated rings. The summed E-state index contributed by atoms with van der Waals surface area (Å²) in [7, 11) is -6.27. The van der Waals surface area contributed by atoms with Crippen molar-refractivity contribution in [3.63, 3.8) is 0 Å². The van der Waals surface area contributed by atoms with Crippen LogP contribution in [0.4, 0.5) is 26.3 Å². The topological polar surface area (TPSA) is 166 Å². The van der Waals surface area contributed by atoms with E-state index in [2.05, 4.69) is 4.74 Å². The van der Waals surface area contributed by atoms with Gasteiger partial charge in [0.15, 0.2) is 5.79 Å². The van der Waals surface area contributed by atoms with Crippen molar-refractivity contribution >= 4 is 33.9 Å². The van der Waals surface area contributed by atoms with Gasteiger partial charge in [-0.25, -0.2) is 17.2 Å². The number of carbonyl (C=O) groups is 4. The smallest absolute Gasteiger partial charge is 0.335 e. The molecule has 1 spiro atoms. The first-order chi connectivity index (χ1) is 26.1. The first-order valence-electron chi connectivity index (χ1n) is 19.6. The van der Waals surface area contributed by atoms with Crippen LogP contribution in [-0.2, 0) is 48.2 Å². The number of likely N-dealkylation sites (tertiary alicyclic amines) is 1. The summed E-state index contributed by atoms with van der Waals surface area (Å²) in [4.78, 5) is 58.5. The van der Waals surface area contributed by atoms with Gasteiger partial charge in [-0.2, -0.15) is 17.6 Å². The van der Waals surface area contributed by atoms with E-state index in [1.807, 2.05) is 0 Å². The van der Waals surface area contributed by atoms with Crippen LogP contribution in [0, 0.1) is 76.6 Å². The molecule has 8 atom stereocenters. The number of esters is 2. The monoisotopic (exact) mass is 1090 g/mol. The van der Waals surface area contributed by atoms with E-state index < -0.39 is 135 Å². The zero-order valence-electron chi connectivity index (χ0n) is 30.7. The fourth-order valence-electron chi connectivity index (χ4n) is 14.5. The fourth-order valence-corrected chi connectivity index (χ4v) is 14.6. The molecule has 0 radical (unpaired) electrons. The first-order valence-corrected chi connectivity index (χ1v) is 21.0. The largest absolute Gasteiger partial charge is 0.746 e. The first kappa shape index (κ1) is 39.0. The van der Waals surface area contributed by atoms with Gasteiger partial charge in [-0.15, -0.1) is 0 Å². The van der Waals surface area contributed by atoms with Crippen molar-refractivity contribution in [3.05, 3.63) is 6.61 Å². The van der Waals surface area contributed by atoms with E-state index in [0.717, 1.165) is 24.2 Å². The van der Waals surface area contributed by atoms with Gasteiger partial charge in [0.1, 0.15) is 29.4 Å². The van der Waals surface area contributed by atoms with Crippen LogP contribution >= 0.6 is 0 Å². The number of hydrogen-bond donors (Lipinski definition) is 0. The second-order valence-electron chi connectivity index (χ2n) is 19.1. The predicted molar refractivity (Wildman–Crippen MR) is 170 cm³/mol. The molecule has 2 amide bonds. The van der Waals surface area contributed by atoms with Crippen molar-refractivity contribution < 1.29 is 77.4 Å². The van der Waals surface area contributed by atoms with Crippen LogP contribution in [-0.4, -0.2) is 89.9 Å². The number of carbonyl (C=O) groups excluding carboxylic acids is 4.